The second-order valence-corrected chi connectivity index (χ2v) is 13.2. The molecule has 5 rings (SSSR count). The molecular formula is C28H46O2. The highest BCUT2D eigenvalue weighted by Gasteiger charge is 2.66. The van der Waals surface area contributed by atoms with E-state index in [2.05, 4.69) is 40.7 Å². The SMILES string of the molecule is CC1CCCC2(CO)CCC3(C)C(=CCC4C5(C)CCC(O)C(C)C5CCC43C)C12. The van der Waals surface area contributed by atoms with Gasteiger partial charge in [-0.15, -0.1) is 0 Å². The van der Waals surface area contributed by atoms with Crippen LogP contribution in [0.3, 0.4) is 0 Å². The lowest BCUT2D eigenvalue weighted by atomic mass is 9.34. The number of aliphatic hydroxyl groups is 2. The molecule has 0 radical (unpaired) electrons. The van der Waals surface area contributed by atoms with E-state index in [-0.39, 0.29) is 16.9 Å². The zero-order valence-electron chi connectivity index (χ0n) is 20.2. The molecule has 0 aromatic heterocycles. The molecule has 10 atom stereocenters. The highest BCUT2D eigenvalue weighted by molar-refractivity contribution is 5.33. The van der Waals surface area contributed by atoms with Crippen LogP contribution in [0.4, 0.5) is 0 Å². The van der Waals surface area contributed by atoms with E-state index in [1.54, 1.807) is 5.57 Å². The summed E-state index contributed by atoms with van der Waals surface area (Å²) in [5.41, 5.74) is 2.89. The molecule has 30 heavy (non-hydrogen) atoms. The van der Waals surface area contributed by atoms with Crippen LogP contribution in [-0.4, -0.2) is 22.9 Å². The van der Waals surface area contributed by atoms with Gasteiger partial charge >= 0.3 is 0 Å². The van der Waals surface area contributed by atoms with E-state index >= 15 is 0 Å². The predicted octanol–water partition coefficient (Wildman–Crippen LogP) is 6.36. The van der Waals surface area contributed by atoms with Crippen molar-refractivity contribution in [1.29, 1.82) is 0 Å². The Bertz CT molecular complexity index is 728. The van der Waals surface area contributed by atoms with E-state index < -0.39 is 0 Å². The number of hydrogen-bond donors (Lipinski definition) is 2. The van der Waals surface area contributed by atoms with Crippen LogP contribution >= 0.6 is 0 Å². The summed E-state index contributed by atoms with van der Waals surface area (Å²) in [7, 11) is 0. The molecule has 2 nitrogen and oxygen atoms in total. The van der Waals surface area contributed by atoms with Crippen molar-refractivity contribution in [3.63, 3.8) is 0 Å². The van der Waals surface area contributed by atoms with Crippen LogP contribution in [0.2, 0.25) is 0 Å². The highest BCUT2D eigenvalue weighted by atomic mass is 16.3. The van der Waals surface area contributed by atoms with Gasteiger partial charge in [0.2, 0.25) is 0 Å². The van der Waals surface area contributed by atoms with Gasteiger partial charge in [0, 0.05) is 12.0 Å². The van der Waals surface area contributed by atoms with Gasteiger partial charge in [-0.05, 0) is 97.2 Å². The van der Waals surface area contributed by atoms with Crippen LogP contribution < -0.4 is 0 Å². The van der Waals surface area contributed by atoms with E-state index in [0.29, 0.717) is 41.1 Å². The molecule has 0 aliphatic heterocycles. The molecule has 0 heterocycles. The van der Waals surface area contributed by atoms with Gasteiger partial charge in [0.1, 0.15) is 0 Å². The Kier molecular flexibility index (Phi) is 4.90. The maximum atomic E-state index is 10.6. The monoisotopic (exact) mass is 414 g/mol. The summed E-state index contributed by atoms with van der Waals surface area (Å²) in [4.78, 5) is 0. The summed E-state index contributed by atoms with van der Waals surface area (Å²) < 4.78 is 0. The summed E-state index contributed by atoms with van der Waals surface area (Å²) in [5, 5.41) is 21.2. The van der Waals surface area contributed by atoms with Crippen molar-refractivity contribution in [2.45, 2.75) is 105 Å². The largest absolute Gasteiger partial charge is 0.396 e. The van der Waals surface area contributed by atoms with Crippen molar-refractivity contribution in [3.05, 3.63) is 11.6 Å². The van der Waals surface area contributed by atoms with Crippen LogP contribution in [-0.2, 0) is 0 Å². The average molecular weight is 415 g/mol. The Morgan fingerprint density at radius 1 is 0.967 bits per heavy atom. The van der Waals surface area contributed by atoms with Crippen molar-refractivity contribution >= 4 is 0 Å². The first-order chi connectivity index (χ1) is 14.1. The van der Waals surface area contributed by atoms with Crippen LogP contribution in [0, 0.1) is 51.2 Å². The summed E-state index contributed by atoms with van der Waals surface area (Å²) in [5.74, 6) is 3.14. The lowest BCUT2D eigenvalue weighted by molar-refractivity contribution is -0.182. The van der Waals surface area contributed by atoms with Gasteiger partial charge in [-0.2, -0.15) is 0 Å². The lowest BCUT2D eigenvalue weighted by Crippen LogP contribution is -2.63. The number of allylic oxidation sites excluding steroid dienone is 2. The van der Waals surface area contributed by atoms with Gasteiger partial charge in [0.15, 0.2) is 0 Å². The maximum Gasteiger partial charge on any atom is 0.0568 e. The highest BCUT2D eigenvalue weighted by Crippen LogP contribution is 2.74. The molecule has 10 unspecified atom stereocenters. The second-order valence-electron chi connectivity index (χ2n) is 13.2. The third-order valence-corrected chi connectivity index (χ3v) is 12.4. The Hall–Kier alpha value is -0.340. The fourth-order valence-electron chi connectivity index (χ4n) is 10.4. The summed E-state index contributed by atoms with van der Waals surface area (Å²) in [6.07, 6.45) is 14.9. The first-order valence-electron chi connectivity index (χ1n) is 13.1. The van der Waals surface area contributed by atoms with Crippen molar-refractivity contribution in [2.24, 2.45) is 51.2 Å². The van der Waals surface area contributed by atoms with Gasteiger partial charge in [0.05, 0.1) is 6.10 Å². The minimum absolute atomic E-state index is 0.0966. The van der Waals surface area contributed by atoms with E-state index in [1.165, 1.54) is 57.8 Å². The molecule has 4 fully saturated rings. The van der Waals surface area contributed by atoms with Crippen molar-refractivity contribution in [1.82, 2.24) is 0 Å². The average Bonchev–Trinajstić information content (AvgIpc) is 2.72. The predicted molar refractivity (Wildman–Crippen MR) is 123 cm³/mol. The van der Waals surface area contributed by atoms with Crippen LogP contribution in [0.1, 0.15) is 98.8 Å². The number of aliphatic hydroxyl groups excluding tert-OH is 2. The van der Waals surface area contributed by atoms with E-state index in [1.807, 2.05) is 0 Å². The van der Waals surface area contributed by atoms with Crippen LogP contribution in [0.5, 0.6) is 0 Å². The number of fused-ring (bicyclic) bond motifs is 7. The maximum absolute atomic E-state index is 10.6. The zero-order valence-corrected chi connectivity index (χ0v) is 20.2. The Morgan fingerprint density at radius 2 is 1.73 bits per heavy atom. The van der Waals surface area contributed by atoms with Crippen molar-refractivity contribution in [3.8, 4) is 0 Å². The minimum atomic E-state index is -0.0966. The van der Waals surface area contributed by atoms with Gasteiger partial charge in [-0.25, -0.2) is 0 Å². The zero-order chi connectivity index (χ0) is 21.5. The molecule has 0 saturated heterocycles. The molecule has 5 aliphatic rings. The molecule has 0 aromatic carbocycles. The third kappa shape index (κ3) is 2.50. The molecule has 0 amide bonds. The fourth-order valence-corrected chi connectivity index (χ4v) is 10.4. The Labute approximate surface area is 184 Å². The molecule has 5 aliphatic carbocycles. The Balaban J connectivity index is 1.58. The normalized spacial score (nSPS) is 58.0. The molecular weight excluding hydrogens is 368 g/mol. The van der Waals surface area contributed by atoms with Gasteiger partial charge in [-0.1, -0.05) is 59.1 Å². The summed E-state index contributed by atoms with van der Waals surface area (Å²) in [6, 6.07) is 0. The molecule has 2 N–H and O–H groups in total. The lowest BCUT2D eigenvalue weighted by Gasteiger charge is -2.70. The van der Waals surface area contributed by atoms with Gasteiger partial charge in [-0.3, -0.25) is 0 Å². The quantitative estimate of drug-likeness (QED) is 0.490. The number of rotatable bonds is 1. The summed E-state index contributed by atoms with van der Waals surface area (Å²) >= 11 is 0. The van der Waals surface area contributed by atoms with Crippen molar-refractivity contribution < 1.29 is 10.2 Å². The van der Waals surface area contributed by atoms with Crippen molar-refractivity contribution in [2.75, 3.05) is 6.61 Å². The molecule has 0 aromatic rings. The van der Waals surface area contributed by atoms with E-state index in [9.17, 15) is 10.2 Å². The van der Waals surface area contributed by atoms with Gasteiger partial charge < -0.3 is 10.2 Å². The molecule has 4 saturated carbocycles. The van der Waals surface area contributed by atoms with Crippen LogP contribution in [0.25, 0.3) is 0 Å². The minimum Gasteiger partial charge on any atom is -0.396 e. The van der Waals surface area contributed by atoms with E-state index in [4.69, 9.17) is 0 Å². The van der Waals surface area contributed by atoms with E-state index in [0.717, 1.165) is 12.3 Å². The molecule has 2 heteroatoms. The molecule has 0 bridgehead atoms. The number of hydrogen-bond acceptors (Lipinski definition) is 2. The molecule has 0 spiro atoms. The molecule has 170 valence electrons. The van der Waals surface area contributed by atoms with Gasteiger partial charge in [0.25, 0.3) is 0 Å². The smallest absolute Gasteiger partial charge is 0.0568 e. The van der Waals surface area contributed by atoms with Crippen LogP contribution in [0.15, 0.2) is 11.6 Å². The summed E-state index contributed by atoms with van der Waals surface area (Å²) in [6.45, 7) is 13.0. The topological polar surface area (TPSA) is 40.5 Å². The first-order valence-corrected chi connectivity index (χ1v) is 13.1. The Morgan fingerprint density at radius 3 is 2.47 bits per heavy atom. The second kappa shape index (κ2) is 6.83. The fraction of sp³-hybridized carbons (Fsp3) is 0.929. The first kappa shape index (κ1) is 21.5. The standard InChI is InChI=1S/C28H46O2/c1-18-7-6-12-28(17-29)16-15-26(4)21(24(18)28)8-9-23-25(3)13-11-22(30)19(2)20(25)10-14-27(23,26)5/h8,18-20,22-24,29-30H,6-7,9-17H2,1-5H3. The third-order valence-electron chi connectivity index (χ3n) is 12.4.